The quantitative estimate of drug-likeness (QED) is 0.830. The second-order valence-electron chi connectivity index (χ2n) is 6.54. The number of hydrogen-bond acceptors (Lipinski definition) is 5. The number of primary amides is 1. The Labute approximate surface area is 133 Å². The number of amides is 2. The highest BCUT2D eigenvalue weighted by atomic mass is 32.1. The molecule has 1 aromatic rings. The molecule has 1 aliphatic heterocycles. The highest BCUT2D eigenvalue weighted by molar-refractivity contribution is 7.17. The van der Waals surface area contributed by atoms with E-state index in [9.17, 15) is 14.4 Å². The van der Waals surface area contributed by atoms with E-state index in [-0.39, 0.29) is 5.56 Å². The predicted octanol–water partition coefficient (Wildman–Crippen LogP) is 1.96. The maximum atomic E-state index is 11.9. The first-order chi connectivity index (χ1) is 9.94. The highest BCUT2D eigenvalue weighted by Gasteiger charge is 2.42. The summed E-state index contributed by atoms with van der Waals surface area (Å²) in [6, 6.07) is 0. The van der Waals surface area contributed by atoms with Gasteiger partial charge in [-0.25, -0.2) is 0 Å². The molecule has 0 saturated heterocycles. The fourth-order valence-electron chi connectivity index (χ4n) is 2.86. The van der Waals surface area contributed by atoms with Crippen LogP contribution in [0.5, 0.6) is 0 Å². The smallest absolute Gasteiger partial charge is 0.292 e. The van der Waals surface area contributed by atoms with Gasteiger partial charge >= 0.3 is 0 Å². The lowest BCUT2D eigenvalue weighted by atomic mass is 9.86. The minimum atomic E-state index is -0.765. The fourth-order valence-corrected chi connectivity index (χ4v) is 4.12. The Balaban J connectivity index is 2.60. The van der Waals surface area contributed by atoms with Crippen molar-refractivity contribution in [1.29, 1.82) is 0 Å². The number of hydrogen-bond donors (Lipinski definition) is 2. The van der Waals surface area contributed by atoms with Crippen LogP contribution in [-0.2, 0) is 26.3 Å². The van der Waals surface area contributed by atoms with Crippen molar-refractivity contribution in [3.63, 3.8) is 0 Å². The van der Waals surface area contributed by atoms with Gasteiger partial charge in [0.1, 0.15) is 5.00 Å². The van der Waals surface area contributed by atoms with E-state index < -0.39 is 28.8 Å². The van der Waals surface area contributed by atoms with Crippen molar-refractivity contribution in [1.82, 2.24) is 0 Å². The van der Waals surface area contributed by atoms with Crippen LogP contribution in [0.25, 0.3) is 0 Å². The summed E-state index contributed by atoms with van der Waals surface area (Å²) >= 11 is 1.23. The van der Waals surface area contributed by atoms with E-state index in [2.05, 4.69) is 5.32 Å². The molecule has 22 heavy (non-hydrogen) atoms. The standard InChI is InChI=1S/C15H20N2O4S/c1-7(18)12(20)17-13-9(11(16)19)8-6-14(2,3)21-15(4,5)10(8)22-13/h6H2,1-5H3,(H2,16,19)(H,17,20). The molecule has 0 unspecified atom stereocenters. The summed E-state index contributed by atoms with van der Waals surface area (Å²) in [4.78, 5) is 35.5. The molecule has 2 amide bonds. The molecule has 2 rings (SSSR count). The average molecular weight is 324 g/mol. The molecule has 0 radical (unpaired) electrons. The van der Waals surface area contributed by atoms with E-state index in [1.54, 1.807) is 0 Å². The van der Waals surface area contributed by atoms with Gasteiger partial charge in [-0.05, 0) is 33.3 Å². The molecular formula is C15H20N2O4S. The van der Waals surface area contributed by atoms with Crippen molar-refractivity contribution in [2.24, 2.45) is 5.73 Å². The molecule has 2 heterocycles. The van der Waals surface area contributed by atoms with Crippen LogP contribution < -0.4 is 11.1 Å². The van der Waals surface area contributed by atoms with Gasteiger partial charge in [0.05, 0.1) is 16.8 Å². The molecule has 0 atom stereocenters. The van der Waals surface area contributed by atoms with Crippen LogP contribution in [0.3, 0.4) is 0 Å². The van der Waals surface area contributed by atoms with E-state index in [4.69, 9.17) is 10.5 Å². The molecule has 0 bridgehead atoms. The van der Waals surface area contributed by atoms with Crippen molar-refractivity contribution >= 4 is 33.9 Å². The number of thiophene rings is 1. The molecule has 0 aliphatic carbocycles. The van der Waals surface area contributed by atoms with Crippen LogP contribution in [0.2, 0.25) is 0 Å². The summed E-state index contributed by atoms with van der Waals surface area (Å²) in [5, 5.41) is 2.80. The van der Waals surface area contributed by atoms with E-state index in [0.29, 0.717) is 11.4 Å². The van der Waals surface area contributed by atoms with Gasteiger partial charge in [0, 0.05) is 18.2 Å². The van der Waals surface area contributed by atoms with Gasteiger partial charge in [0.15, 0.2) is 0 Å². The van der Waals surface area contributed by atoms with Gasteiger partial charge in [0.25, 0.3) is 11.8 Å². The largest absolute Gasteiger partial charge is 0.365 e. The third kappa shape index (κ3) is 2.91. The van der Waals surface area contributed by atoms with E-state index in [0.717, 1.165) is 10.4 Å². The van der Waals surface area contributed by atoms with Crippen molar-refractivity contribution in [2.45, 2.75) is 52.2 Å². The molecule has 6 nitrogen and oxygen atoms in total. The number of nitrogens with one attached hydrogen (secondary N) is 1. The molecule has 0 fully saturated rings. The molecule has 1 aromatic heterocycles. The van der Waals surface area contributed by atoms with Crippen LogP contribution in [0.1, 0.15) is 55.4 Å². The van der Waals surface area contributed by atoms with Gasteiger partial charge in [-0.1, -0.05) is 0 Å². The maximum absolute atomic E-state index is 11.9. The summed E-state index contributed by atoms with van der Waals surface area (Å²) in [6.45, 7) is 8.86. The lowest BCUT2D eigenvalue weighted by Gasteiger charge is -2.41. The van der Waals surface area contributed by atoms with Gasteiger partial charge in [-0.3, -0.25) is 14.4 Å². The first-order valence-electron chi connectivity index (χ1n) is 6.92. The number of carbonyl (C=O) groups is 3. The van der Waals surface area contributed by atoms with Crippen molar-refractivity contribution in [3.05, 3.63) is 16.0 Å². The topological polar surface area (TPSA) is 98.5 Å². The summed E-state index contributed by atoms with van der Waals surface area (Å²) < 4.78 is 6.07. The zero-order valence-corrected chi connectivity index (χ0v) is 14.1. The molecule has 1 aliphatic rings. The number of carbonyl (C=O) groups excluding carboxylic acids is 3. The van der Waals surface area contributed by atoms with E-state index in [1.807, 2.05) is 27.7 Å². The molecule has 3 N–H and O–H groups in total. The van der Waals surface area contributed by atoms with Crippen molar-refractivity contribution in [3.8, 4) is 0 Å². The lowest BCUT2D eigenvalue weighted by molar-refractivity contribution is -0.135. The molecular weight excluding hydrogens is 304 g/mol. The van der Waals surface area contributed by atoms with Crippen LogP contribution in [0.15, 0.2) is 0 Å². The minimum absolute atomic E-state index is 0.277. The summed E-state index contributed by atoms with van der Waals surface area (Å²) in [6.07, 6.45) is 0.510. The zero-order chi connectivity index (χ0) is 16.9. The van der Waals surface area contributed by atoms with E-state index >= 15 is 0 Å². The van der Waals surface area contributed by atoms with Crippen LogP contribution in [-0.4, -0.2) is 23.2 Å². The second-order valence-corrected chi connectivity index (χ2v) is 7.56. The lowest BCUT2D eigenvalue weighted by Crippen LogP contribution is -2.42. The molecule has 7 heteroatoms. The summed E-state index contributed by atoms with van der Waals surface area (Å²) in [7, 11) is 0. The number of nitrogens with two attached hydrogens (primary N) is 1. The van der Waals surface area contributed by atoms with Crippen molar-refractivity contribution < 1.29 is 19.1 Å². The minimum Gasteiger partial charge on any atom is -0.365 e. The number of Topliss-reactive ketones (excluding diaryl/α,β-unsaturated/α-hetero) is 1. The highest BCUT2D eigenvalue weighted by Crippen LogP contribution is 2.48. The Morgan fingerprint density at radius 2 is 1.82 bits per heavy atom. The second kappa shape index (κ2) is 5.17. The summed E-state index contributed by atoms with van der Waals surface area (Å²) in [5.74, 6) is -2.01. The summed E-state index contributed by atoms with van der Waals surface area (Å²) in [5.41, 5.74) is 5.51. The number of ketones is 1. The molecule has 0 saturated carbocycles. The average Bonchev–Trinajstić information content (AvgIpc) is 2.65. The predicted molar refractivity (Wildman–Crippen MR) is 84.0 cm³/mol. The van der Waals surface area contributed by atoms with Crippen LogP contribution in [0.4, 0.5) is 5.00 Å². The van der Waals surface area contributed by atoms with Crippen molar-refractivity contribution in [2.75, 3.05) is 5.32 Å². The number of anilines is 1. The van der Waals surface area contributed by atoms with Gasteiger partial charge in [-0.15, -0.1) is 11.3 Å². The van der Waals surface area contributed by atoms with Gasteiger partial charge in [-0.2, -0.15) is 0 Å². The Hall–Kier alpha value is -1.73. The number of fused-ring (bicyclic) bond motifs is 1. The molecule has 0 spiro atoms. The fraction of sp³-hybridized carbons (Fsp3) is 0.533. The first kappa shape index (κ1) is 16.6. The van der Waals surface area contributed by atoms with E-state index in [1.165, 1.54) is 18.3 Å². The van der Waals surface area contributed by atoms with Gasteiger partial charge < -0.3 is 15.8 Å². The first-order valence-corrected chi connectivity index (χ1v) is 7.74. The normalized spacial score (nSPS) is 18.4. The molecule has 120 valence electrons. The maximum Gasteiger partial charge on any atom is 0.292 e. The third-order valence-electron chi connectivity index (χ3n) is 3.48. The Morgan fingerprint density at radius 3 is 2.32 bits per heavy atom. The Kier molecular flexibility index (Phi) is 3.91. The van der Waals surface area contributed by atoms with Gasteiger partial charge in [0.2, 0.25) is 5.78 Å². The number of rotatable bonds is 3. The zero-order valence-electron chi connectivity index (χ0n) is 13.3. The number of ether oxygens (including phenoxy) is 1. The van der Waals surface area contributed by atoms with Crippen LogP contribution in [0, 0.1) is 0 Å². The monoisotopic (exact) mass is 324 g/mol. The Bertz CT molecular complexity index is 673. The third-order valence-corrected chi connectivity index (χ3v) is 4.93. The molecule has 0 aromatic carbocycles. The SMILES string of the molecule is CC(=O)C(=O)Nc1sc2c(c1C(N)=O)CC(C)(C)OC2(C)C. The Morgan fingerprint density at radius 1 is 1.23 bits per heavy atom. The van der Waals surface area contributed by atoms with Crippen LogP contribution >= 0.6 is 11.3 Å².